The zero-order valence-electron chi connectivity index (χ0n) is 12.0. The van der Waals surface area contributed by atoms with Crippen LogP contribution in [-0.4, -0.2) is 15.4 Å². The van der Waals surface area contributed by atoms with Crippen LogP contribution in [0.25, 0.3) is 0 Å². The van der Waals surface area contributed by atoms with Crippen LogP contribution in [-0.2, 0) is 4.43 Å². The van der Waals surface area contributed by atoms with Crippen molar-refractivity contribution in [3.63, 3.8) is 0 Å². The highest BCUT2D eigenvalue weighted by Gasteiger charge is 2.23. The predicted molar refractivity (Wildman–Crippen MR) is 76.5 cm³/mol. The van der Waals surface area contributed by atoms with Crippen molar-refractivity contribution in [3.05, 3.63) is 0 Å². The molecule has 0 spiro atoms. The monoisotopic (exact) mass is 244 g/mol. The van der Waals surface area contributed by atoms with Crippen molar-refractivity contribution in [1.82, 2.24) is 0 Å². The number of unbranched alkanes of at least 4 members (excludes halogenated alkanes) is 7. The molecule has 0 rings (SSSR count). The smallest absolute Gasteiger partial charge is 0.188 e. The van der Waals surface area contributed by atoms with E-state index in [0.29, 0.717) is 0 Å². The minimum Gasteiger partial charge on any atom is -0.420 e. The molecule has 0 radical (unpaired) electrons. The maximum atomic E-state index is 5.69. The van der Waals surface area contributed by atoms with Gasteiger partial charge in [-0.1, -0.05) is 65.2 Å². The Morgan fingerprint density at radius 1 is 0.812 bits per heavy atom. The zero-order chi connectivity index (χ0) is 12.3. The molecule has 2 heteroatoms. The molecule has 0 N–H and O–H groups in total. The van der Waals surface area contributed by atoms with Gasteiger partial charge in [0.15, 0.2) is 8.32 Å². The Morgan fingerprint density at radius 3 is 1.75 bits per heavy atom. The highest BCUT2D eigenvalue weighted by molar-refractivity contribution is 6.72. The van der Waals surface area contributed by atoms with Crippen LogP contribution >= 0.6 is 0 Å². The van der Waals surface area contributed by atoms with Crippen molar-refractivity contribution >= 4 is 8.32 Å². The molecule has 1 unspecified atom stereocenters. The molecule has 0 saturated carbocycles. The standard InChI is InChI=1S/C14H32OSi/c1-5-7-8-9-10-11-12-13-14-16(4,6-2)15-3/h5-14H2,1-4H3. The first kappa shape index (κ1) is 16.2. The molecular weight excluding hydrogens is 212 g/mol. The fourth-order valence-corrected chi connectivity index (χ4v) is 3.90. The van der Waals surface area contributed by atoms with Gasteiger partial charge in [-0.15, -0.1) is 0 Å². The predicted octanol–water partition coefficient (Wildman–Crippen LogP) is 5.37. The van der Waals surface area contributed by atoms with E-state index in [1.165, 1.54) is 63.5 Å². The van der Waals surface area contributed by atoms with Crippen LogP contribution in [0.15, 0.2) is 0 Å². The molecule has 0 aliphatic carbocycles. The number of hydrogen-bond acceptors (Lipinski definition) is 1. The minimum absolute atomic E-state index is 1.26. The van der Waals surface area contributed by atoms with Crippen LogP contribution in [0.1, 0.15) is 65.2 Å². The summed E-state index contributed by atoms with van der Waals surface area (Å²) in [5, 5.41) is 0. The summed E-state index contributed by atoms with van der Waals surface area (Å²) < 4.78 is 5.69. The van der Waals surface area contributed by atoms with E-state index >= 15 is 0 Å². The van der Waals surface area contributed by atoms with Gasteiger partial charge in [-0.2, -0.15) is 0 Å². The lowest BCUT2D eigenvalue weighted by Crippen LogP contribution is -2.31. The molecule has 0 amide bonds. The summed E-state index contributed by atoms with van der Waals surface area (Å²) in [5.74, 6) is 0. The molecule has 0 saturated heterocycles. The average Bonchev–Trinajstić information content (AvgIpc) is 2.32. The van der Waals surface area contributed by atoms with Crippen molar-refractivity contribution in [2.24, 2.45) is 0 Å². The van der Waals surface area contributed by atoms with Gasteiger partial charge in [-0.3, -0.25) is 0 Å². The molecule has 0 aromatic heterocycles. The maximum absolute atomic E-state index is 5.69. The van der Waals surface area contributed by atoms with E-state index in [2.05, 4.69) is 20.4 Å². The Bertz CT molecular complexity index is 144. The van der Waals surface area contributed by atoms with E-state index in [4.69, 9.17) is 4.43 Å². The molecule has 0 bridgehead atoms. The minimum atomic E-state index is -1.28. The Balaban J connectivity index is 3.26. The zero-order valence-corrected chi connectivity index (χ0v) is 13.0. The first-order valence-corrected chi connectivity index (χ1v) is 10.1. The molecule has 0 fully saturated rings. The van der Waals surface area contributed by atoms with Gasteiger partial charge in [0.25, 0.3) is 0 Å². The van der Waals surface area contributed by atoms with Gasteiger partial charge >= 0.3 is 0 Å². The van der Waals surface area contributed by atoms with Gasteiger partial charge in [0.2, 0.25) is 0 Å². The summed E-state index contributed by atoms with van der Waals surface area (Å²) in [6.45, 7) is 6.93. The first-order valence-electron chi connectivity index (χ1n) is 7.23. The Morgan fingerprint density at radius 2 is 1.31 bits per heavy atom. The van der Waals surface area contributed by atoms with Gasteiger partial charge < -0.3 is 4.43 Å². The SMILES string of the molecule is CCCCCCCCCC[Si](C)(CC)OC. The van der Waals surface area contributed by atoms with Crippen molar-refractivity contribution in [2.45, 2.75) is 83.8 Å². The van der Waals surface area contributed by atoms with Crippen LogP contribution in [0, 0.1) is 0 Å². The molecule has 0 heterocycles. The topological polar surface area (TPSA) is 9.23 Å². The lowest BCUT2D eigenvalue weighted by atomic mass is 10.1. The van der Waals surface area contributed by atoms with Crippen molar-refractivity contribution in [3.8, 4) is 0 Å². The Hall–Kier alpha value is 0.177. The number of hydrogen-bond donors (Lipinski definition) is 0. The van der Waals surface area contributed by atoms with E-state index in [9.17, 15) is 0 Å². The summed E-state index contributed by atoms with van der Waals surface area (Å²) in [4.78, 5) is 0. The Labute approximate surface area is 104 Å². The quantitative estimate of drug-likeness (QED) is 0.351. The molecule has 1 nitrogen and oxygen atoms in total. The van der Waals surface area contributed by atoms with Crippen LogP contribution in [0.3, 0.4) is 0 Å². The highest BCUT2D eigenvalue weighted by Crippen LogP contribution is 2.20. The molecule has 0 aliphatic rings. The molecular formula is C14H32OSi. The lowest BCUT2D eigenvalue weighted by molar-refractivity contribution is 0.395. The molecule has 1 atom stereocenters. The summed E-state index contributed by atoms with van der Waals surface area (Å²) in [6.07, 6.45) is 11.3. The Kier molecular flexibility index (Phi) is 10.5. The van der Waals surface area contributed by atoms with Crippen LogP contribution in [0.4, 0.5) is 0 Å². The van der Waals surface area contributed by atoms with Gasteiger partial charge in [0.05, 0.1) is 0 Å². The van der Waals surface area contributed by atoms with Crippen LogP contribution in [0.5, 0.6) is 0 Å². The van der Waals surface area contributed by atoms with Gasteiger partial charge in [0, 0.05) is 7.11 Å². The van der Waals surface area contributed by atoms with Gasteiger partial charge in [-0.25, -0.2) is 0 Å². The largest absolute Gasteiger partial charge is 0.420 e. The van der Waals surface area contributed by atoms with Crippen molar-refractivity contribution in [2.75, 3.05) is 7.11 Å². The third-order valence-corrected chi connectivity index (χ3v) is 7.69. The second-order valence-electron chi connectivity index (χ2n) is 5.23. The molecule has 16 heavy (non-hydrogen) atoms. The fraction of sp³-hybridized carbons (Fsp3) is 1.00. The molecule has 98 valence electrons. The maximum Gasteiger partial charge on any atom is 0.188 e. The van der Waals surface area contributed by atoms with E-state index in [-0.39, 0.29) is 0 Å². The van der Waals surface area contributed by atoms with Crippen LogP contribution in [0.2, 0.25) is 18.6 Å². The molecule has 0 aliphatic heterocycles. The molecule has 0 aromatic carbocycles. The second kappa shape index (κ2) is 10.3. The summed E-state index contributed by atoms with van der Waals surface area (Å²) >= 11 is 0. The van der Waals surface area contributed by atoms with Crippen LogP contribution < -0.4 is 0 Å². The summed E-state index contributed by atoms with van der Waals surface area (Å²) in [6, 6.07) is 2.62. The fourth-order valence-electron chi connectivity index (χ4n) is 2.06. The van der Waals surface area contributed by atoms with E-state index < -0.39 is 8.32 Å². The van der Waals surface area contributed by atoms with E-state index in [1.807, 2.05) is 7.11 Å². The van der Waals surface area contributed by atoms with Crippen molar-refractivity contribution in [1.29, 1.82) is 0 Å². The number of rotatable bonds is 11. The van der Waals surface area contributed by atoms with Gasteiger partial charge in [-0.05, 0) is 18.6 Å². The van der Waals surface area contributed by atoms with E-state index in [0.717, 1.165) is 0 Å². The second-order valence-corrected chi connectivity index (χ2v) is 9.75. The molecule has 0 aromatic rings. The summed E-state index contributed by atoms with van der Waals surface area (Å²) in [7, 11) is 0.625. The van der Waals surface area contributed by atoms with E-state index in [1.54, 1.807) is 0 Å². The van der Waals surface area contributed by atoms with Crippen molar-refractivity contribution < 1.29 is 4.43 Å². The van der Waals surface area contributed by atoms with Gasteiger partial charge in [0.1, 0.15) is 0 Å². The normalized spacial score (nSPS) is 15.0. The third-order valence-electron chi connectivity index (χ3n) is 3.80. The highest BCUT2D eigenvalue weighted by atomic mass is 28.4. The summed E-state index contributed by atoms with van der Waals surface area (Å²) in [5.41, 5.74) is 0. The lowest BCUT2D eigenvalue weighted by Gasteiger charge is -2.23. The third kappa shape index (κ3) is 8.34. The first-order chi connectivity index (χ1) is 7.68. The average molecular weight is 244 g/mol.